The van der Waals surface area contributed by atoms with Gasteiger partial charge in [0.05, 0.1) is 11.9 Å². The molecule has 0 fully saturated rings. The van der Waals surface area contributed by atoms with Gasteiger partial charge in [-0.05, 0) is 35.7 Å². The summed E-state index contributed by atoms with van der Waals surface area (Å²) in [7, 11) is 0. The molecule has 144 valence electrons. The van der Waals surface area contributed by atoms with Gasteiger partial charge in [0.25, 0.3) is 5.91 Å². The minimum Gasteiger partial charge on any atom is -0.363 e. The number of pyridine rings is 1. The molecule has 29 heavy (non-hydrogen) atoms. The molecule has 1 amide bonds. The number of amides is 1. The minimum atomic E-state index is -0.566. The normalized spacial score (nSPS) is 11.7. The van der Waals surface area contributed by atoms with Crippen LogP contribution in [0.25, 0.3) is 43.8 Å². The van der Waals surface area contributed by atoms with Gasteiger partial charge in [-0.25, -0.2) is 4.98 Å². The average molecular weight is 403 g/mol. The summed E-state index contributed by atoms with van der Waals surface area (Å²) >= 11 is 1.20. The number of rotatable bonds is 4. The molecule has 0 unspecified atom stereocenters. The van der Waals surface area contributed by atoms with E-state index in [9.17, 15) is 4.79 Å². The molecular formula is C20H17N7OS. The molecule has 1 aromatic carbocycles. The maximum Gasteiger partial charge on any atom is 0.279 e. The first-order valence-corrected chi connectivity index (χ1v) is 9.92. The Morgan fingerprint density at radius 1 is 1.17 bits per heavy atom. The van der Waals surface area contributed by atoms with Crippen molar-refractivity contribution in [2.75, 3.05) is 0 Å². The summed E-state index contributed by atoms with van der Waals surface area (Å²) in [5, 5.41) is 18.0. The van der Waals surface area contributed by atoms with Gasteiger partial charge in [-0.2, -0.15) is 5.10 Å². The van der Waals surface area contributed by atoms with Crippen LogP contribution < -0.4 is 5.73 Å². The van der Waals surface area contributed by atoms with Crippen molar-refractivity contribution >= 4 is 39.2 Å². The number of aromatic amines is 2. The number of fused-ring (bicyclic) bond motifs is 2. The van der Waals surface area contributed by atoms with Crippen LogP contribution in [-0.2, 0) is 0 Å². The molecule has 9 heteroatoms. The van der Waals surface area contributed by atoms with Crippen LogP contribution in [0.2, 0.25) is 0 Å². The Balaban J connectivity index is 1.73. The van der Waals surface area contributed by atoms with Gasteiger partial charge in [-0.1, -0.05) is 25.2 Å². The second-order valence-electron chi connectivity index (χ2n) is 7.10. The number of primary amides is 1. The number of hydrogen-bond acceptors (Lipinski definition) is 6. The number of nitrogens with zero attached hydrogens (tertiary/aromatic N) is 4. The fourth-order valence-corrected chi connectivity index (χ4v) is 4.36. The predicted molar refractivity (Wildman–Crippen MR) is 113 cm³/mol. The quantitative estimate of drug-likeness (QED) is 0.420. The van der Waals surface area contributed by atoms with Crippen molar-refractivity contribution in [2.45, 2.75) is 19.8 Å². The molecule has 0 aliphatic heterocycles. The van der Waals surface area contributed by atoms with Gasteiger partial charge in [0.1, 0.15) is 5.01 Å². The monoisotopic (exact) mass is 403 g/mol. The van der Waals surface area contributed by atoms with Crippen LogP contribution in [0.15, 0.2) is 36.7 Å². The zero-order valence-corrected chi connectivity index (χ0v) is 16.5. The molecule has 0 aliphatic carbocycles. The van der Waals surface area contributed by atoms with Crippen molar-refractivity contribution in [3.8, 4) is 21.8 Å². The summed E-state index contributed by atoms with van der Waals surface area (Å²) in [6.07, 6.45) is 3.58. The highest BCUT2D eigenvalue weighted by Crippen LogP contribution is 2.39. The molecule has 8 nitrogen and oxygen atoms in total. The first-order chi connectivity index (χ1) is 14.0. The van der Waals surface area contributed by atoms with Crippen LogP contribution in [0.5, 0.6) is 0 Å². The molecule has 0 bridgehead atoms. The lowest BCUT2D eigenvalue weighted by Gasteiger charge is -2.09. The van der Waals surface area contributed by atoms with E-state index in [1.807, 2.05) is 18.2 Å². The first-order valence-electron chi connectivity index (χ1n) is 9.10. The smallest absolute Gasteiger partial charge is 0.279 e. The highest BCUT2D eigenvalue weighted by atomic mass is 32.1. The Kier molecular flexibility index (Phi) is 3.92. The van der Waals surface area contributed by atoms with Crippen molar-refractivity contribution in [1.82, 2.24) is 30.4 Å². The number of aromatic nitrogens is 6. The van der Waals surface area contributed by atoms with Gasteiger partial charge in [-0.15, -0.1) is 10.2 Å². The standard InChI is InChI=1S/C20H17N7OS/c1-9(2)15-12-7-10(19-26-27-20(29-19)17(21)28)3-4-14(12)24-16(15)11-5-6-22-18-13(11)8-23-25-18/h3-9,24H,1-2H3,(H2,21,28)(H,22,23,25). The minimum absolute atomic E-state index is 0.207. The lowest BCUT2D eigenvalue weighted by molar-refractivity contribution is 0.0999. The molecule has 4 heterocycles. The van der Waals surface area contributed by atoms with E-state index in [2.05, 4.69) is 50.3 Å². The lowest BCUT2D eigenvalue weighted by atomic mass is 9.95. The van der Waals surface area contributed by atoms with E-state index in [0.717, 1.165) is 38.8 Å². The van der Waals surface area contributed by atoms with E-state index in [1.54, 1.807) is 12.4 Å². The van der Waals surface area contributed by atoms with E-state index >= 15 is 0 Å². The fraction of sp³-hybridized carbons (Fsp3) is 0.150. The molecule has 4 aromatic heterocycles. The number of nitrogens with two attached hydrogens (primary N) is 1. The van der Waals surface area contributed by atoms with Crippen molar-refractivity contribution < 1.29 is 4.79 Å². The van der Waals surface area contributed by atoms with Crippen LogP contribution in [-0.4, -0.2) is 36.3 Å². The van der Waals surface area contributed by atoms with Crippen molar-refractivity contribution in [3.05, 3.63) is 47.2 Å². The third-order valence-corrected chi connectivity index (χ3v) is 5.91. The Morgan fingerprint density at radius 3 is 2.79 bits per heavy atom. The fourth-order valence-electron chi connectivity index (χ4n) is 3.67. The SMILES string of the molecule is CC(C)c1c(-c2ccnc3[nH]ncc23)[nH]c2ccc(-c3nnc(C(N)=O)s3)cc12. The van der Waals surface area contributed by atoms with Crippen molar-refractivity contribution in [1.29, 1.82) is 0 Å². The van der Waals surface area contributed by atoms with Gasteiger partial charge in [0.2, 0.25) is 5.01 Å². The molecule has 0 radical (unpaired) electrons. The molecule has 0 spiro atoms. The average Bonchev–Trinajstić information content (AvgIpc) is 3.43. The summed E-state index contributed by atoms with van der Waals surface area (Å²) in [6.45, 7) is 4.34. The van der Waals surface area contributed by atoms with E-state index in [-0.39, 0.29) is 10.9 Å². The van der Waals surface area contributed by atoms with E-state index in [4.69, 9.17) is 5.73 Å². The summed E-state index contributed by atoms with van der Waals surface area (Å²) in [5.74, 6) is -0.289. The topological polar surface area (TPSA) is 126 Å². The van der Waals surface area contributed by atoms with Crippen molar-refractivity contribution in [3.63, 3.8) is 0 Å². The second kappa shape index (κ2) is 6.49. The zero-order valence-electron chi connectivity index (χ0n) is 15.7. The largest absolute Gasteiger partial charge is 0.363 e. The number of carbonyl (C=O) groups excluding carboxylic acids is 1. The summed E-state index contributed by atoms with van der Waals surface area (Å²) in [5.41, 5.74) is 11.3. The maximum atomic E-state index is 11.4. The third kappa shape index (κ3) is 2.78. The van der Waals surface area contributed by atoms with E-state index in [1.165, 1.54) is 16.9 Å². The number of nitrogens with one attached hydrogen (secondary N) is 2. The van der Waals surface area contributed by atoms with Crippen LogP contribution >= 0.6 is 11.3 Å². The highest BCUT2D eigenvalue weighted by Gasteiger charge is 2.20. The van der Waals surface area contributed by atoms with Crippen molar-refractivity contribution in [2.24, 2.45) is 5.73 Å². The van der Waals surface area contributed by atoms with Crippen LogP contribution in [0, 0.1) is 0 Å². The van der Waals surface area contributed by atoms with Crippen LogP contribution in [0.3, 0.4) is 0 Å². The maximum absolute atomic E-state index is 11.4. The van der Waals surface area contributed by atoms with Gasteiger partial charge in [-0.3, -0.25) is 9.89 Å². The predicted octanol–water partition coefficient (Wildman–Crippen LogP) is 3.85. The number of hydrogen-bond donors (Lipinski definition) is 3. The number of benzene rings is 1. The molecule has 5 aromatic rings. The second-order valence-corrected chi connectivity index (χ2v) is 8.07. The van der Waals surface area contributed by atoms with Crippen LogP contribution in [0.4, 0.5) is 0 Å². The number of carbonyl (C=O) groups is 1. The highest BCUT2D eigenvalue weighted by molar-refractivity contribution is 7.16. The Morgan fingerprint density at radius 2 is 2.03 bits per heavy atom. The van der Waals surface area contributed by atoms with Gasteiger partial charge < -0.3 is 10.7 Å². The lowest BCUT2D eigenvalue weighted by Crippen LogP contribution is -2.10. The Labute approximate surface area is 169 Å². The van der Waals surface area contributed by atoms with Gasteiger partial charge in [0.15, 0.2) is 5.65 Å². The van der Waals surface area contributed by atoms with Gasteiger partial charge >= 0.3 is 0 Å². The summed E-state index contributed by atoms with van der Waals surface area (Å²) in [4.78, 5) is 19.3. The summed E-state index contributed by atoms with van der Waals surface area (Å²) < 4.78 is 0. The Bertz CT molecular complexity index is 1380. The summed E-state index contributed by atoms with van der Waals surface area (Å²) in [6, 6.07) is 8.08. The first kappa shape index (κ1) is 17.5. The molecule has 0 saturated carbocycles. The molecular weight excluding hydrogens is 386 g/mol. The molecule has 0 saturated heterocycles. The third-order valence-electron chi connectivity index (χ3n) is 4.92. The molecule has 4 N–H and O–H groups in total. The number of H-pyrrole nitrogens is 2. The van der Waals surface area contributed by atoms with Gasteiger partial charge in [0, 0.05) is 33.6 Å². The zero-order chi connectivity index (χ0) is 20.1. The van der Waals surface area contributed by atoms with Crippen LogP contribution in [0.1, 0.15) is 35.1 Å². The Hall–Kier alpha value is -3.59. The van der Waals surface area contributed by atoms with E-state index in [0.29, 0.717) is 5.01 Å². The molecule has 0 aliphatic rings. The van der Waals surface area contributed by atoms with E-state index < -0.39 is 5.91 Å². The molecule has 0 atom stereocenters. The molecule has 5 rings (SSSR count).